The fourth-order valence-electron chi connectivity index (χ4n) is 2.95. The smallest absolute Gasteiger partial charge is 0.303 e. The SMILES string of the molecule is C[C@H](OCc1ccccc1)C(=O)N1CCC[C@H](CCC(=O)O)C1. The zero-order valence-electron chi connectivity index (χ0n) is 13.6. The number of carboxylic acids is 1. The third-order valence-electron chi connectivity index (χ3n) is 4.29. The van der Waals surface area contributed by atoms with Crippen molar-refractivity contribution in [3.8, 4) is 0 Å². The molecule has 1 aliphatic heterocycles. The van der Waals surface area contributed by atoms with Crippen LogP contribution in [0, 0.1) is 5.92 Å². The minimum absolute atomic E-state index is 0.000885. The molecule has 0 unspecified atom stereocenters. The number of aliphatic carboxylic acids is 1. The lowest BCUT2D eigenvalue weighted by Gasteiger charge is -2.34. The highest BCUT2D eigenvalue weighted by atomic mass is 16.5. The maximum atomic E-state index is 12.5. The van der Waals surface area contributed by atoms with Gasteiger partial charge in [0.05, 0.1) is 6.61 Å². The zero-order valence-corrected chi connectivity index (χ0v) is 13.6. The first-order chi connectivity index (χ1) is 11.1. The molecule has 1 heterocycles. The molecular formula is C18H25NO4. The first-order valence-electron chi connectivity index (χ1n) is 8.22. The molecule has 0 saturated carbocycles. The highest BCUT2D eigenvalue weighted by Crippen LogP contribution is 2.22. The monoisotopic (exact) mass is 319 g/mol. The van der Waals surface area contributed by atoms with Gasteiger partial charge < -0.3 is 14.7 Å². The van der Waals surface area contributed by atoms with E-state index in [-0.39, 0.29) is 18.2 Å². The van der Waals surface area contributed by atoms with Gasteiger partial charge in [0.15, 0.2) is 0 Å². The Hall–Kier alpha value is -1.88. The number of carbonyl (C=O) groups excluding carboxylic acids is 1. The molecule has 1 aliphatic rings. The second-order valence-corrected chi connectivity index (χ2v) is 6.16. The number of nitrogens with zero attached hydrogens (tertiary/aromatic N) is 1. The number of hydrogen-bond acceptors (Lipinski definition) is 3. The molecule has 0 aliphatic carbocycles. The standard InChI is InChI=1S/C18H25NO4/c1-14(23-13-16-6-3-2-4-7-16)18(22)19-11-5-8-15(12-19)9-10-17(20)21/h2-4,6-7,14-15H,5,8-13H2,1H3,(H,20,21)/t14-,15+/m0/s1. The summed E-state index contributed by atoms with van der Waals surface area (Å²) in [5.41, 5.74) is 1.05. The first-order valence-corrected chi connectivity index (χ1v) is 8.22. The van der Waals surface area contributed by atoms with Crippen molar-refractivity contribution in [2.75, 3.05) is 13.1 Å². The van der Waals surface area contributed by atoms with Gasteiger partial charge in [-0.25, -0.2) is 0 Å². The van der Waals surface area contributed by atoms with Gasteiger partial charge in [0, 0.05) is 19.5 Å². The fraction of sp³-hybridized carbons (Fsp3) is 0.556. The number of piperidine rings is 1. The lowest BCUT2D eigenvalue weighted by molar-refractivity contribution is -0.145. The normalized spacial score (nSPS) is 19.3. The van der Waals surface area contributed by atoms with Crippen LogP contribution in [0.1, 0.15) is 38.2 Å². The van der Waals surface area contributed by atoms with Crippen LogP contribution >= 0.6 is 0 Å². The Balaban J connectivity index is 1.80. The number of carbonyl (C=O) groups is 2. The van der Waals surface area contributed by atoms with E-state index in [4.69, 9.17) is 9.84 Å². The Morgan fingerprint density at radius 1 is 1.35 bits per heavy atom. The van der Waals surface area contributed by atoms with Crippen molar-refractivity contribution in [2.24, 2.45) is 5.92 Å². The number of ether oxygens (including phenoxy) is 1. The third kappa shape index (κ3) is 5.67. The van der Waals surface area contributed by atoms with E-state index in [9.17, 15) is 9.59 Å². The van der Waals surface area contributed by atoms with Gasteiger partial charge in [-0.3, -0.25) is 9.59 Å². The van der Waals surface area contributed by atoms with Gasteiger partial charge in [-0.15, -0.1) is 0 Å². The van der Waals surface area contributed by atoms with Crippen molar-refractivity contribution in [3.05, 3.63) is 35.9 Å². The summed E-state index contributed by atoms with van der Waals surface area (Å²) in [4.78, 5) is 25.0. The summed E-state index contributed by atoms with van der Waals surface area (Å²) in [6, 6.07) is 9.79. The summed E-state index contributed by atoms with van der Waals surface area (Å²) in [6.45, 7) is 3.59. The van der Waals surface area contributed by atoms with Crippen LogP contribution in [-0.4, -0.2) is 41.1 Å². The van der Waals surface area contributed by atoms with Gasteiger partial charge in [0.25, 0.3) is 5.91 Å². The Labute approximate surface area is 137 Å². The van der Waals surface area contributed by atoms with Crippen LogP contribution in [0.15, 0.2) is 30.3 Å². The Bertz CT molecular complexity index is 517. The zero-order chi connectivity index (χ0) is 16.7. The summed E-state index contributed by atoms with van der Waals surface area (Å²) in [5, 5.41) is 8.79. The van der Waals surface area contributed by atoms with E-state index >= 15 is 0 Å². The average molecular weight is 319 g/mol. The lowest BCUT2D eigenvalue weighted by Crippen LogP contribution is -2.45. The van der Waals surface area contributed by atoms with Gasteiger partial charge in [-0.05, 0) is 37.7 Å². The molecule has 126 valence electrons. The Morgan fingerprint density at radius 2 is 2.09 bits per heavy atom. The van der Waals surface area contributed by atoms with E-state index < -0.39 is 12.1 Å². The third-order valence-corrected chi connectivity index (χ3v) is 4.29. The van der Waals surface area contributed by atoms with E-state index in [1.807, 2.05) is 35.2 Å². The highest BCUT2D eigenvalue weighted by Gasteiger charge is 2.27. The topological polar surface area (TPSA) is 66.8 Å². The van der Waals surface area contributed by atoms with E-state index in [0.29, 0.717) is 19.6 Å². The minimum Gasteiger partial charge on any atom is -0.481 e. The van der Waals surface area contributed by atoms with Crippen LogP contribution in [0.25, 0.3) is 0 Å². The molecular weight excluding hydrogens is 294 g/mol. The summed E-state index contributed by atoms with van der Waals surface area (Å²) < 4.78 is 5.69. The molecule has 1 aromatic rings. The van der Waals surface area contributed by atoms with E-state index in [0.717, 1.165) is 24.9 Å². The molecule has 0 radical (unpaired) electrons. The van der Waals surface area contributed by atoms with Crippen molar-refractivity contribution in [3.63, 3.8) is 0 Å². The predicted octanol–water partition coefficient (Wildman–Crippen LogP) is 2.70. The van der Waals surface area contributed by atoms with Gasteiger partial charge in [-0.2, -0.15) is 0 Å². The molecule has 0 spiro atoms. The highest BCUT2D eigenvalue weighted by molar-refractivity contribution is 5.80. The second-order valence-electron chi connectivity index (χ2n) is 6.16. The van der Waals surface area contributed by atoms with Gasteiger partial charge >= 0.3 is 5.97 Å². The fourth-order valence-corrected chi connectivity index (χ4v) is 2.95. The Morgan fingerprint density at radius 3 is 2.78 bits per heavy atom. The lowest BCUT2D eigenvalue weighted by atomic mass is 9.93. The van der Waals surface area contributed by atoms with Crippen molar-refractivity contribution in [1.29, 1.82) is 0 Å². The van der Waals surface area contributed by atoms with Crippen LogP contribution < -0.4 is 0 Å². The molecule has 0 aromatic heterocycles. The maximum absolute atomic E-state index is 12.5. The summed E-state index contributed by atoms with van der Waals surface area (Å²) in [7, 11) is 0. The summed E-state index contributed by atoms with van der Waals surface area (Å²) in [6.07, 6.45) is 2.26. The molecule has 23 heavy (non-hydrogen) atoms. The molecule has 1 aromatic carbocycles. The minimum atomic E-state index is -0.770. The number of likely N-dealkylation sites (tertiary alicyclic amines) is 1. The molecule has 1 saturated heterocycles. The van der Waals surface area contributed by atoms with E-state index in [1.54, 1.807) is 6.92 Å². The number of amides is 1. The number of carboxylic acid groups (broad SMARTS) is 1. The second kappa shape index (κ2) is 8.67. The van der Waals surface area contributed by atoms with Crippen LogP contribution in [-0.2, 0) is 20.9 Å². The van der Waals surface area contributed by atoms with Crippen molar-refractivity contribution in [2.45, 2.75) is 45.3 Å². The quantitative estimate of drug-likeness (QED) is 0.839. The van der Waals surface area contributed by atoms with Crippen molar-refractivity contribution < 1.29 is 19.4 Å². The Kier molecular flexibility index (Phi) is 6.59. The summed E-state index contributed by atoms with van der Waals surface area (Å²) in [5.74, 6) is -0.487. The van der Waals surface area contributed by atoms with E-state index in [2.05, 4.69) is 0 Å². The van der Waals surface area contributed by atoms with Crippen LogP contribution in [0.4, 0.5) is 0 Å². The molecule has 2 atom stereocenters. The molecule has 2 rings (SSSR count). The maximum Gasteiger partial charge on any atom is 0.303 e. The van der Waals surface area contributed by atoms with Gasteiger partial charge in [-0.1, -0.05) is 30.3 Å². The first kappa shape index (κ1) is 17.5. The predicted molar refractivity (Wildman–Crippen MR) is 86.9 cm³/mol. The molecule has 5 heteroatoms. The van der Waals surface area contributed by atoms with Crippen molar-refractivity contribution in [1.82, 2.24) is 4.90 Å². The van der Waals surface area contributed by atoms with Crippen LogP contribution in [0.2, 0.25) is 0 Å². The van der Waals surface area contributed by atoms with Crippen molar-refractivity contribution >= 4 is 11.9 Å². The molecule has 5 nitrogen and oxygen atoms in total. The van der Waals surface area contributed by atoms with Gasteiger partial charge in [0.1, 0.15) is 6.10 Å². The van der Waals surface area contributed by atoms with Gasteiger partial charge in [0.2, 0.25) is 0 Å². The van der Waals surface area contributed by atoms with Crippen LogP contribution in [0.5, 0.6) is 0 Å². The average Bonchev–Trinajstić information content (AvgIpc) is 2.58. The summed E-state index contributed by atoms with van der Waals surface area (Å²) >= 11 is 0. The largest absolute Gasteiger partial charge is 0.481 e. The number of hydrogen-bond donors (Lipinski definition) is 1. The van der Waals surface area contributed by atoms with E-state index in [1.165, 1.54) is 0 Å². The van der Waals surface area contributed by atoms with Crippen LogP contribution in [0.3, 0.4) is 0 Å². The molecule has 0 bridgehead atoms. The molecule has 1 fully saturated rings. The molecule has 1 N–H and O–H groups in total. The number of rotatable bonds is 7. The molecule has 1 amide bonds. The number of benzene rings is 1.